The standard InChI is InChI=1S/C20H22N6O3S/c1-15-5-2-3-7-19(15)22-20(27)16-6-4-12-25(13-16)30(28,29)18-10-8-17(9-11-18)26-14-21-23-24-26/h2-3,5,7-11,14,16H,4,6,12-13H2,1H3,(H,22,27)/t16-/m0/s1. The molecule has 4 rings (SSSR count). The molecular weight excluding hydrogens is 404 g/mol. The van der Waals surface area contributed by atoms with Crippen molar-refractivity contribution >= 4 is 21.6 Å². The van der Waals surface area contributed by atoms with E-state index in [-0.39, 0.29) is 17.3 Å². The molecule has 0 spiro atoms. The zero-order chi connectivity index (χ0) is 21.1. The summed E-state index contributed by atoms with van der Waals surface area (Å²) in [5.74, 6) is -0.549. The predicted octanol–water partition coefficient (Wildman–Crippen LogP) is 2.01. The van der Waals surface area contributed by atoms with E-state index in [1.165, 1.54) is 27.4 Å². The average Bonchev–Trinajstić information content (AvgIpc) is 3.30. The average molecular weight is 427 g/mol. The van der Waals surface area contributed by atoms with E-state index in [0.717, 1.165) is 11.3 Å². The molecule has 1 N–H and O–H groups in total. The molecule has 1 aliphatic rings. The van der Waals surface area contributed by atoms with E-state index in [4.69, 9.17) is 0 Å². The number of piperidine rings is 1. The third kappa shape index (κ3) is 4.10. The van der Waals surface area contributed by atoms with Gasteiger partial charge in [0.2, 0.25) is 15.9 Å². The van der Waals surface area contributed by atoms with Crippen LogP contribution < -0.4 is 5.32 Å². The lowest BCUT2D eigenvalue weighted by Gasteiger charge is -2.31. The number of hydrogen-bond acceptors (Lipinski definition) is 6. The molecule has 0 aliphatic carbocycles. The lowest BCUT2D eigenvalue weighted by Crippen LogP contribution is -2.43. The van der Waals surface area contributed by atoms with Crippen LogP contribution in [0.5, 0.6) is 0 Å². The summed E-state index contributed by atoms with van der Waals surface area (Å²) in [5.41, 5.74) is 2.38. The monoisotopic (exact) mass is 426 g/mol. The van der Waals surface area contributed by atoms with Gasteiger partial charge in [0.05, 0.1) is 16.5 Å². The topological polar surface area (TPSA) is 110 Å². The van der Waals surface area contributed by atoms with E-state index < -0.39 is 15.9 Å². The first-order valence-electron chi connectivity index (χ1n) is 9.65. The number of benzene rings is 2. The summed E-state index contributed by atoms with van der Waals surface area (Å²) in [7, 11) is -3.70. The number of tetrazole rings is 1. The van der Waals surface area contributed by atoms with Gasteiger partial charge in [0.25, 0.3) is 0 Å². The van der Waals surface area contributed by atoms with Crippen LogP contribution in [0.4, 0.5) is 5.69 Å². The zero-order valence-electron chi connectivity index (χ0n) is 16.5. The predicted molar refractivity (Wildman–Crippen MR) is 110 cm³/mol. The zero-order valence-corrected chi connectivity index (χ0v) is 17.3. The molecule has 156 valence electrons. The van der Waals surface area contributed by atoms with Crippen LogP contribution in [-0.4, -0.2) is 51.9 Å². The molecule has 1 saturated heterocycles. The number of aryl methyl sites for hydroxylation is 1. The Kier molecular flexibility index (Phi) is 5.60. The number of nitrogens with one attached hydrogen (secondary N) is 1. The van der Waals surface area contributed by atoms with Gasteiger partial charge in [-0.1, -0.05) is 18.2 Å². The number of nitrogens with zero attached hydrogens (tertiary/aromatic N) is 5. The summed E-state index contributed by atoms with van der Waals surface area (Å²) in [5, 5.41) is 13.9. The highest BCUT2D eigenvalue weighted by Gasteiger charge is 2.33. The summed E-state index contributed by atoms with van der Waals surface area (Å²) in [6.45, 7) is 2.48. The van der Waals surface area contributed by atoms with Crippen molar-refractivity contribution in [1.29, 1.82) is 0 Å². The van der Waals surface area contributed by atoms with Crippen LogP contribution in [0.1, 0.15) is 18.4 Å². The van der Waals surface area contributed by atoms with E-state index in [0.29, 0.717) is 25.1 Å². The Balaban J connectivity index is 1.48. The van der Waals surface area contributed by atoms with Crippen LogP contribution in [0.2, 0.25) is 0 Å². The van der Waals surface area contributed by atoms with E-state index in [9.17, 15) is 13.2 Å². The fourth-order valence-corrected chi connectivity index (χ4v) is 5.05. The second kappa shape index (κ2) is 8.33. The molecule has 2 aromatic carbocycles. The van der Waals surface area contributed by atoms with Crippen LogP contribution in [0, 0.1) is 12.8 Å². The molecule has 1 atom stereocenters. The maximum atomic E-state index is 13.1. The van der Waals surface area contributed by atoms with Gasteiger partial charge in [-0.3, -0.25) is 4.79 Å². The summed E-state index contributed by atoms with van der Waals surface area (Å²) >= 11 is 0. The Bertz CT molecular complexity index is 1130. The highest BCUT2D eigenvalue weighted by atomic mass is 32.2. The third-order valence-electron chi connectivity index (χ3n) is 5.25. The van der Waals surface area contributed by atoms with Crippen molar-refractivity contribution in [2.45, 2.75) is 24.7 Å². The summed E-state index contributed by atoms with van der Waals surface area (Å²) in [6.07, 6.45) is 2.72. The van der Waals surface area contributed by atoms with Gasteiger partial charge in [-0.25, -0.2) is 13.1 Å². The first-order chi connectivity index (χ1) is 14.4. The Labute approximate surface area is 174 Å². The van der Waals surface area contributed by atoms with Gasteiger partial charge in [-0.15, -0.1) is 5.10 Å². The smallest absolute Gasteiger partial charge is 0.243 e. The molecule has 30 heavy (non-hydrogen) atoms. The molecule has 3 aromatic rings. The second-order valence-electron chi connectivity index (χ2n) is 7.25. The number of para-hydroxylation sites is 1. The van der Waals surface area contributed by atoms with Crippen LogP contribution in [0.25, 0.3) is 5.69 Å². The highest BCUT2D eigenvalue weighted by Crippen LogP contribution is 2.26. The maximum Gasteiger partial charge on any atom is 0.243 e. The molecule has 9 nitrogen and oxygen atoms in total. The van der Waals surface area contributed by atoms with Gasteiger partial charge in [0.1, 0.15) is 6.33 Å². The fraction of sp³-hybridized carbons (Fsp3) is 0.300. The second-order valence-corrected chi connectivity index (χ2v) is 9.19. The Morgan fingerprint density at radius 3 is 2.60 bits per heavy atom. The summed E-state index contributed by atoms with van der Waals surface area (Å²) in [6, 6.07) is 13.9. The minimum atomic E-state index is -3.70. The number of sulfonamides is 1. The molecular formula is C20H22N6O3S. The number of anilines is 1. The highest BCUT2D eigenvalue weighted by molar-refractivity contribution is 7.89. The van der Waals surface area contributed by atoms with Gasteiger partial charge >= 0.3 is 0 Å². The first kappa shape index (κ1) is 20.2. The van der Waals surface area contributed by atoms with E-state index >= 15 is 0 Å². The minimum absolute atomic E-state index is 0.154. The van der Waals surface area contributed by atoms with Crippen LogP contribution in [0.3, 0.4) is 0 Å². The lowest BCUT2D eigenvalue weighted by molar-refractivity contribution is -0.120. The number of carbonyl (C=O) groups is 1. The Hall–Kier alpha value is -3.11. The summed E-state index contributed by atoms with van der Waals surface area (Å²) < 4.78 is 29.1. The minimum Gasteiger partial charge on any atom is -0.326 e. The van der Waals surface area contributed by atoms with Crippen molar-refractivity contribution in [3.05, 3.63) is 60.4 Å². The van der Waals surface area contributed by atoms with Crippen LogP contribution >= 0.6 is 0 Å². The molecule has 2 heterocycles. The van der Waals surface area contributed by atoms with Gasteiger partial charge < -0.3 is 5.32 Å². The fourth-order valence-electron chi connectivity index (χ4n) is 3.52. The van der Waals surface area contributed by atoms with Gasteiger partial charge in [0.15, 0.2) is 0 Å². The van der Waals surface area contributed by atoms with Crippen molar-refractivity contribution in [2.75, 3.05) is 18.4 Å². The van der Waals surface area contributed by atoms with E-state index in [2.05, 4.69) is 20.8 Å². The number of amides is 1. The molecule has 0 bridgehead atoms. The third-order valence-corrected chi connectivity index (χ3v) is 7.13. The number of carbonyl (C=O) groups excluding carboxylic acids is 1. The SMILES string of the molecule is Cc1ccccc1NC(=O)[C@H]1CCCN(S(=O)(=O)c2ccc(-n3cnnn3)cc2)C1. The van der Waals surface area contributed by atoms with Gasteiger partial charge in [0, 0.05) is 18.8 Å². The normalized spacial score (nSPS) is 17.6. The number of aromatic nitrogens is 4. The van der Waals surface area contributed by atoms with Crippen molar-refractivity contribution in [2.24, 2.45) is 5.92 Å². The molecule has 1 aromatic heterocycles. The van der Waals surface area contributed by atoms with Crippen LogP contribution in [-0.2, 0) is 14.8 Å². The lowest BCUT2D eigenvalue weighted by atomic mass is 9.98. The van der Waals surface area contributed by atoms with E-state index in [1.807, 2.05) is 31.2 Å². The summed E-state index contributed by atoms with van der Waals surface area (Å²) in [4.78, 5) is 12.9. The van der Waals surface area contributed by atoms with Gasteiger partial charge in [-0.05, 0) is 66.1 Å². The molecule has 1 fully saturated rings. The molecule has 1 aliphatic heterocycles. The van der Waals surface area contributed by atoms with Crippen molar-refractivity contribution < 1.29 is 13.2 Å². The quantitative estimate of drug-likeness (QED) is 0.668. The molecule has 0 radical (unpaired) electrons. The molecule has 10 heteroatoms. The number of rotatable bonds is 5. The van der Waals surface area contributed by atoms with Gasteiger partial charge in [-0.2, -0.15) is 4.31 Å². The van der Waals surface area contributed by atoms with Crippen LogP contribution in [0.15, 0.2) is 59.8 Å². The molecule has 1 amide bonds. The Morgan fingerprint density at radius 2 is 1.90 bits per heavy atom. The maximum absolute atomic E-state index is 13.1. The van der Waals surface area contributed by atoms with Crippen molar-refractivity contribution in [3.8, 4) is 5.69 Å². The Morgan fingerprint density at radius 1 is 1.13 bits per heavy atom. The molecule has 0 saturated carbocycles. The van der Waals surface area contributed by atoms with Crippen molar-refractivity contribution in [3.63, 3.8) is 0 Å². The number of hydrogen-bond donors (Lipinski definition) is 1. The largest absolute Gasteiger partial charge is 0.326 e. The first-order valence-corrected chi connectivity index (χ1v) is 11.1. The van der Waals surface area contributed by atoms with E-state index in [1.54, 1.807) is 12.1 Å². The van der Waals surface area contributed by atoms with Crippen molar-refractivity contribution in [1.82, 2.24) is 24.5 Å². The molecule has 0 unspecified atom stereocenters.